The van der Waals surface area contributed by atoms with Gasteiger partial charge in [0.05, 0.1) is 70.6 Å². The van der Waals surface area contributed by atoms with E-state index in [1.54, 1.807) is 52.4 Å². The van der Waals surface area contributed by atoms with Gasteiger partial charge in [0.15, 0.2) is 28.4 Å². The van der Waals surface area contributed by atoms with E-state index in [0.717, 1.165) is 41.5 Å². The summed E-state index contributed by atoms with van der Waals surface area (Å²) in [5.74, 6) is 1.29. The molecule has 95 heavy (non-hydrogen) atoms. The van der Waals surface area contributed by atoms with Crippen molar-refractivity contribution in [2.45, 2.75) is 91.2 Å². The number of carbonyl (C=O) groups is 2. The first kappa shape index (κ1) is 67.2. The molecule has 7 heterocycles. The van der Waals surface area contributed by atoms with Crippen molar-refractivity contribution < 1.29 is 33.7 Å². The van der Waals surface area contributed by atoms with Gasteiger partial charge in [-0.25, -0.2) is 50.1 Å². The molecule has 1 aliphatic heterocycles. The van der Waals surface area contributed by atoms with Gasteiger partial charge in [-0.1, -0.05) is 86.6 Å². The summed E-state index contributed by atoms with van der Waals surface area (Å²) >= 11 is 4.74. The molecule has 24 nitrogen and oxygen atoms in total. The number of fused-ring (bicyclic) bond motifs is 4. The fourth-order valence-electron chi connectivity index (χ4n) is 11.6. The molecule has 1 unspecified atom stereocenters. The second-order valence-corrected chi connectivity index (χ2v) is 34.0. The number of benzene rings is 6. The van der Waals surface area contributed by atoms with Crippen LogP contribution in [0.5, 0.6) is 0 Å². The second-order valence-electron chi connectivity index (χ2n) is 22.2. The van der Waals surface area contributed by atoms with E-state index < -0.39 is 5.91 Å². The van der Waals surface area contributed by atoms with Gasteiger partial charge in [0.2, 0.25) is 0 Å². The molecule has 0 aliphatic carbocycles. The third-order valence-corrected chi connectivity index (χ3v) is 16.3. The summed E-state index contributed by atoms with van der Waals surface area (Å²) in [6, 6.07) is 40.3. The van der Waals surface area contributed by atoms with E-state index in [2.05, 4.69) is 96.1 Å². The molecule has 27 heteroatoms. The Bertz CT molecular complexity index is 4840. The molecule has 1 aliphatic rings. The number of aromatic amines is 1. The molecule has 1 saturated heterocycles. The number of imidazole rings is 2. The summed E-state index contributed by atoms with van der Waals surface area (Å²) in [6.45, 7) is 9.29. The molecule has 1 fully saturated rings. The van der Waals surface area contributed by atoms with Gasteiger partial charge in [0.25, 0.3) is 17.0 Å². The minimum atomic E-state index is -0.567. The minimum absolute atomic E-state index is 0.111. The summed E-state index contributed by atoms with van der Waals surface area (Å²) in [5, 5.41) is 23.7. The summed E-state index contributed by atoms with van der Waals surface area (Å²) in [6.07, 6.45) is 10.5. The Balaban J connectivity index is 0.000000187. The van der Waals surface area contributed by atoms with Crippen LogP contribution in [0.1, 0.15) is 119 Å². The molecule has 6 aromatic heterocycles. The normalized spacial score (nSPS) is 13.4. The van der Waals surface area contributed by atoms with Crippen LogP contribution in [0.3, 0.4) is 0 Å². The molecule has 1 amide bonds. The van der Waals surface area contributed by atoms with Crippen molar-refractivity contribution in [3.8, 4) is 11.4 Å². The number of H-pyrrole nitrogens is 1. The third-order valence-electron chi connectivity index (χ3n) is 16.3. The van der Waals surface area contributed by atoms with E-state index in [4.69, 9.17) is 24.6 Å². The molecule has 485 valence electrons. The summed E-state index contributed by atoms with van der Waals surface area (Å²) in [5.41, 5.74) is 11.9. The van der Waals surface area contributed by atoms with Gasteiger partial charge < -0.3 is 35.7 Å². The Morgan fingerprint density at radius 1 is 0.684 bits per heavy atom. The van der Waals surface area contributed by atoms with Crippen LogP contribution in [-0.4, -0.2) is 89.4 Å². The van der Waals surface area contributed by atoms with E-state index >= 15 is 0 Å². The van der Waals surface area contributed by atoms with Gasteiger partial charge >= 0.3 is 55.4 Å². The van der Waals surface area contributed by atoms with Crippen LogP contribution in [0.25, 0.3) is 55.5 Å². The number of anilines is 4. The van der Waals surface area contributed by atoms with Gasteiger partial charge in [0.1, 0.15) is 36.0 Å². The van der Waals surface area contributed by atoms with Crippen LogP contribution in [0.2, 0.25) is 0 Å². The quantitative estimate of drug-likeness (QED) is 0.0171. The molecule has 0 saturated carbocycles. The van der Waals surface area contributed by atoms with E-state index in [-0.39, 0.29) is 35.4 Å². The fourth-order valence-corrected chi connectivity index (χ4v) is 11.6. The van der Waals surface area contributed by atoms with Gasteiger partial charge in [0, 0.05) is 36.6 Å². The number of esters is 1. The van der Waals surface area contributed by atoms with Crippen LogP contribution < -0.4 is 37.9 Å². The number of hydrogen-bond donors (Lipinski definition) is 7. The van der Waals surface area contributed by atoms with Crippen LogP contribution in [0.15, 0.2) is 168 Å². The topological polar surface area (TPSA) is 301 Å². The maximum absolute atomic E-state index is 14.6. The second kappa shape index (κ2) is 31.4. The van der Waals surface area contributed by atoms with E-state index in [9.17, 15) is 19.2 Å². The summed E-state index contributed by atoms with van der Waals surface area (Å²) in [7, 11) is 2.00. The maximum atomic E-state index is 14.6. The molecule has 3 atom stereocenters. The number of rotatable bonds is 19. The molecule has 0 spiro atoms. The first-order valence-electron chi connectivity index (χ1n) is 30.7. The number of amides is 1. The van der Waals surface area contributed by atoms with E-state index in [1.165, 1.54) is 19.8 Å². The van der Waals surface area contributed by atoms with Gasteiger partial charge in [-0.05, 0) is 129 Å². The molecule has 0 bridgehead atoms. The van der Waals surface area contributed by atoms with Crippen molar-refractivity contribution in [2.75, 3.05) is 35.0 Å². The number of aromatic nitrogens is 12. The van der Waals surface area contributed by atoms with E-state index in [0.29, 0.717) is 143 Å². The predicted molar refractivity (Wildman–Crippen MR) is 379 cm³/mol. The number of nitrogens with zero attached hydrogens (tertiary/aromatic N) is 11. The molecular formula is C68H67I2N17O7V. The number of hydrogen-bond acceptors (Lipinski definition) is 19. The summed E-state index contributed by atoms with van der Waals surface area (Å²) in [4.78, 5) is 92.8. The van der Waals surface area contributed by atoms with Gasteiger partial charge in [-0.15, -0.1) is 0 Å². The molecule has 0 radical (unpaired) electrons. The van der Waals surface area contributed by atoms with Crippen molar-refractivity contribution in [1.82, 2.24) is 64.0 Å². The van der Waals surface area contributed by atoms with Crippen molar-refractivity contribution in [3.05, 3.63) is 225 Å². The number of methoxy groups -OCH3 is 1. The first-order valence-corrected chi connectivity index (χ1v) is 39.7. The predicted octanol–water partition coefficient (Wildman–Crippen LogP) is 12.9. The van der Waals surface area contributed by atoms with Crippen molar-refractivity contribution in [2.24, 2.45) is 0 Å². The number of para-hydroxylation sites is 2. The Labute approximate surface area is 574 Å². The molecule has 7 N–H and O–H groups in total. The number of halogens is 2. The van der Waals surface area contributed by atoms with Crippen LogP contribution in [-0.2, 0) is 32.0 Å². The number of hydroxylamine groups is 1. The zero-order chi connectivity index (χ0) is 66.5. The van der Waals surface area contributed by atoms with Crippen molar-refractivity contribution in [3.63, 3.8) is 0 Å². The third kappa shape index (κ3) is 14.9. The fraction of sp³-hybridized carbons (Fsp3) is 0.235. The Kier molecular flexibility index (Phi) is 22.2. The first-order chi connectivity index (χ1) is 46.4. The number of nitrogens with one attached hydrogen (secondary N) is 6. The molecular weight excluding hydrogens is 1470 g/mol. The van der Waals surface area contributed by atoms with Crippen LogP contribution in [0.4, 0.5) is 23.0 Å². The summed E-state index contributed by atoms with van der Waals surface area (Å²) < 4.78 is 16.2. The average molecular weight is 1540 g/mol. The molecule has 6 aromatic carbocycles. The standard InChI is InChI=1S/C37H38N8O4.C31H29N9O3.2HI.V/c1-4-27(42-33-32-35(40-21-39-33)44(22-41-32)30-15-8-9-18-49-30)34-43-29-14-10-13-28(31(29)36(46)45(34)25-11-6-5-7-12-25)38-20-24-16-17-26(23(2)19-24)37(47)48-3;1-3-22(37-28-26-27(34-16-33-26)35-17-36-28)29-38-24-11-7-10-23(25(24)31(42)40(29)20-8-5-4-6-9-20)32-15-19-12-13-21(18(2)14-19)30(41)39-43;;;/h5-7,10-14,16-17,19,21-22,27,30,38H,4,8-9,15,18,20H2,1-3H3,(H,39,40,42);4-14,16-17,22,32,43H,3,15H2,1-2H3,(H,39,41)(H2,33,34,35,36,37);2*1H;/q;;;;+2/p-2/t27-,30?;22-;;;/m00.../s1. The number of carbonyl (C=O) groups excluding carboxylic acids is 2. The zero-order valence-corrected chi connectivity index (χ0v) is 58.1. The van der Waals surface area contributed by atoms with Crippen LogP contribution in [0, 0.1) is 13.8 Å². The number of ether oxygens (including phenoxy) is 2. The monoisotopic (exact) mass is 1540 g/mol. The van der Waals surface area contributed by atoms with Gasteiger partial charge in [-0.2, -0.15) is 0 Å². The zero-order valence-electron chi connectivity index (χ0n) is 52.4. The van der Waals surface area contributed by atoms with Crippen molar-refractivity contribution >= 4 is 119 Å². The van der Waals surface area contributed by atoms with Gasteiger partial charge in [-0.3, -0.25) is 33.3 Å². The molecule has 12 aromatic rings. The average Bonchev–Trinajstić information content (AvgIpc) is 1.77. The Morgan fingerprint density at radius 3 is 1.76 bits per heavy atom. The van der Waals surface area contributed by atoms with Crippen molar-refractivity contribution in [1.29, 1.82) is 0 Å². The SMILES string of the molecule is CC[C@H](Nc1ncnc2c1ncn2C1CCCCO1)c1nc2cccc(NCc3ccc(C(=O)OC)c(C)c3)c2c(=O)n1-c1ccccc1.CC[C@H](Nc1ncnc2nc[nH]c12)c1nc2cccc(NCc3ccc(C(=O)NO)c(C)c3)c2c(=O)n1-c1ccccc1.[I][V][I]. The Morgan fingerprint density at radius 2 is 1.23 bits per heavy atom. The van der Waals surface area contributed by atoms with Crippen LogP contribution >= 0.6 is 40.0 Å². The Hall–Kier alpha value is -9.20. The molecule has 13 rings (SSSR count). The van der Waals surface area contributed by atoms with E-state index in [1.807, 2.05) is 141 Å². The number of aryl methyl sites for hydroxylation is 2.